The van der Waals surface area contributed by atoms with Crippen molar-refractivity contribution in [3.63, 3.8) is 0 Å². The summed E-state index contributed by atoms with van der Waals surface area (Å²) in [6, 6.07) is 19.2. The second-order valence-electron chi connectivity index (χ2n) is 4.26. The fourth-order valence-electron chi connectivity index (χ4n) is 1.78. The third-order valence-electron chi connectivity index (χ3n) is 2.86. The van der Waals surface area contributed by atoms with Crippen molar-refractivity contribution in [1.82, 2.24) is 0 Å². The van der Waals surface area contributed by atoms with Crippen LogP contribution in [0.5, 0.6) is 0 Å². The van der Waals surface area contributed by atoms with E-state index in [1.54, 1.807) is 0 Å². The highest BCUT2D eigenvalue weighted by Gasteiger charge is 2.21. The van der Waals surface area contributed by atoms with Crippen LogP contribution in [0.3, 0.4) is 0 Å². The first-order valence-electron chi connectivity index (χ1n) is 6.13. The summed E-state index contributed by atoms with van der Waals surface area (Å²) >= 11 is 3.38. The average molecular weight is 319 g/mol. The highest BCUT2D eigenvalue weighted by molar-refractivity contribution is 9.09. The zero-order chi connectivity index (χ0) is 13.7. The Morgan fingerprint density at radius 2 is 1.42 bits per heavy atom. The fraction of sp³-hybridized carbons (Fsp3) is 0.188. The summed E-state index contributed by atoms with van der Waals surface area (Å²) in [6.45, 7) is 1.87. The van der Waals surface area contributed by atoms with E-state index in [1.807, 2.05) is 67.6 Å². The quantitative estimate of drug-likeness (QED) is 0.616. The Kier molecular flexibility index (Phi) is 4.74. The zero-order valence-electron chi connectivity index (χ0n) is 10.6. The molecule has 2 rings (SSSR count). The number of alkyl halides is 1. The maximum absolute atomic E-state index is 12.1. The number of benzene rings is 2. The largest absolute Gasteiger partial charge is 0.457 e. The maximum Gasteiger partial charge on any atom is 0.324 e. The van der Waals surface area contributed by atoms with Gasteiger partial charge in [0.1, 0.15) is 10.9 Å². The van der Waals surface area contributed by atoms with E-state index in [0.29, 0.717) is 0 Å². The number of hydrogen-bond donors (Lipinski definition) is 0. The highest BCUT2D eigenvalue weighted by atomic mass is 79.9. The van der Waals surface area contributed by atoms with Gasteiger partial charge < -0.3 is 4.74 Å². The van der Waals surface area contributed by atoms with Gasteiger partial charge in [-0.15, -0.1) is 0 Å². The second kappa shape index (κ2) is 6.53. The molecule has 0 spiro atoms. The molecule has 0 bridgehead atoms. The Balaban J connectivity index is 2.02. The van der Waals surface area contributed by atoms with E-state index in [0.717, 1.165) is 11.1 Å². The molecule has 98 valence electrons. The van der Waals surface area contributed by atoms with Crippen molar-refractivity contribution < 1.29 is 9.53 Å². The molecular formula is C16H15BrO2. The van der Waals surface area contributed by atoms with Crippen LogP contribution in [0.1, 0.15) is 29.0 Å². The van der Waals surface area contributed by atoms with Crippen LogP contribution >= 0.6 is 15.9 Å². The van der Waals surface area contributed by atoms with Crippen LogP contribution in [0.4, 0.5) is 0 Å². The number of esters is 1. The highest BCUT2D eigenvalue weighted by Crippen LogP contribution is 2.27. The van der Waals surface area contributed by atoms with Gasteiger partial charge in [0.2, 0.25) is 0 Å². The molecule has 2 nitrogen and oxygen atoms in total. The van der Waals surface area contributed by atoms with E-state index in [2.05, 4.69) is 15.9 Å². The third kappa shape index (κ3) is 3.67. The van der Waals surface area contributed by atoms with Crippen LogP contribution < -0.4 is 0 Å². The van der Waals surface area contributed by atoms with Gasteiger partial charge in [0.15, 0.2) is 0 Å². The smallest absolute Gasteiger partial charge is 0.324 e. The summed E-state index contributed by atoms with van der Waals surface area (Å²) in [5.41, 5.74) is 1.89. The normalized spacial score (nSPS) is 13.6. The van der Waals surface area contributed by atoms with E-state index in [9.17, 15) is 4.79 Å². The standard InChI is InChI=1S/C16H15BrO2/c1-12(13-8-4-2-5-9-13)19-16(18)15(17)14-10-6-3-7-11-14/h2-12,15H,1H3/t12?,15-/m0/s1. The van der Waals surface area contributed by atoms with Gasteiger partial charge in [-0.3, -0.25) is 4.79 Å². The maximum atomic E-state index is 12.1. The molecule has 0 aliphatic heterocycles. The van der Waals surface area contributed by atoms with Crippen LogP contribution in [-0.4, -0.2) is 5.97 Å². The van der Waals surface area contributed by atoms with Crippen molar-refractivity contribution in [2.45, 2.75) is 17.9 Å². The average Bonchev–Trinajstić information content (AvgIpc) is 2.48. The van der Waals surface area contributed by atoms with Crippen molar-refractivity contribution in [3.05, 3.63) is 71.8 Å². The molecule has 0 radical (unpaired) electrons. The number of rotatable bonds is 4. The van der Waals surface area contributed by atoms with Gasteiger partial charge in [0.05, 0.1) is 0 Å². The summed E-state index contributed by atoms with van der Waals surface area (Å²) in [5, 5.41) is 0. The van der Waals surface area contributed by atoms with Gasteiger partial charge >= 0.3 is 5.97 Å². The molecule has 19 heavy (non-hydrogen) atoms. The van der Waals surface area contributed by atoms with Crippen molar-refractivity contribution in [2.75, 3.05) is 0 Å². The minimum absolute atomic E-state index is 0.252. The van der Waals surface area contributed by atoms with E-state index in [4.69, 9.17) is 4.74 Å². The van der Waals surface area contributed by atoms with Gasteiger partial charge in [-0.2, -0.15) is 0 Å². The molecule has 2 aromatic carbocycles. The SMILES string of the molecule is CC(OC(=O)[C@@H](Br)c1ccccc1)c1ccccc1. The number of ether oxygens (including phenoxy) is 1. The summed E-state index contributed by atoms with van der Waals surface area (Å²) in [5.74, 6) is -0.275. The van der Waals surface area contributed by atoms with Gasteiger partial charge in [-0.1, -0.05) is 76.6 Å². The van der Waals surface area contributed by atoms with Gasteiger partial charge in [0.25, 0.3) is 0 Å². The van der Waals surface area contributed by atoms with Crippen LogP contribution in [0, 0.1) is 0 Å². The molecule has 0 fully saturated rings. The van der Waals surface area contributed by atoms with E-state index >= 15 is 0 Å². The number of carbonyl (C=O) groups is 1. The van der Waals surface area contributed by atoms with Gasteiger partial charge in [-0.25, -0.2) is 0 Å². The van der Waals surface area contributed by atoms with Gasteiger partial charge in [0, 0.05) is 0 Å². The first-order valence-corrected chi connectivity index (χ1v) is 7.04. The molecule has 2 atom stereocenters. The molecule has 1 unspecified atom stereocenters. The first kappa shape index (κ1) is 13.8. The van der Waals surface area contributed by atoms with E-state index < -0.39 is 4.83 Å². The van der Waals surface area contributed by atoms with E-state index in [-0.39, 0.29) is 12.1 Å². The lowest BCUT2D eigenvalue weighted by atomic mass is 10.1. The Morgan fingerprint density at radius 1 is 0.947 bits per heavy atom. The lowest BCUT2D eigenvalue weighted by Crippen LogP contribution is -2.13. The minimum atomic E-state index is -0.431. The lowest BCUT2D eigenvalue weighted by Gasteiger charge is -2.16. The molecule has 3 heteroatoms. The molecule has 0 amide bonds. The van der Waals surface area contributed by atoms with Crippen LogP contribution in [0.15, 0.2) is 60.7 Å². The fourth-order valence-corrected chi connectivity index (χ4v) is 2.20. The summed E-state index contributed by atoms with van der Waals surface area (Å²) in [6.07, 6.45) is -0.252. The Labute approximate surface area is 121 Å². The molecule has 0 aromatic heterocycles. The monoisotopic (exact) mass is 318 g/mol. The molecule has 0 aliphatic carbocycles. The van der Waals surface area contributed by atoms with Crippen molar-refractivity contribution in [1.29, 1.82) is 0 Å². The molecule has 0 saturated carbocycles. The predicted octanol–water partition coefficient (Wildman–Crippen LogP) is 4.43. The molecule has 0 heterocycles. The summed E-state index contributed by atoms with van der Waals surface area (Å²) < 4.78 is 5.47. The molecule has 0 aliphatic rings. The molecule has 0 N–H and O–H groups in total. The number of carbonyl (C=O) groups excluding carboxylic acids is 1. The zero-order valence-corrected chi connectivity index (χ0v) is 12.2. The van der Waals surface area contributed by atoms with Gasteiger partial charge in [-0.05, 0) is 18.1 Å². The summed E-state index contributed by atoms with van der Waals surface area (Å²) in [4.78, 5) is 11.6. The summed E-state index contributed by atoms with van der Waals surface area (Å²) in [7, 11) is 0. The van der Waals surface area contributed by atoms with Crippen LogP contribution in [0.2, 0.25) is 0 Å². The Bertz CT molecular complexity index is 525. The van der Waals surface area contributed by atoms with Crippen LogP contribution in [0.25, 0.3) is 0 Å². The van der Waals surface area contributed by atoms with E-state index in [1.165, 1.54) is 0 Å². The number of halogens is 1. The topological polar surface area (TPSA) is 26.3 Å². The first-order chi connectivity index (χ1) is 9.18. The minimum Gasteiger partial charge on any atom is -0.457 e. The second-order valence-corrected chi connectivity index (χ2v) is 5.18. The van der Waals surface area contributed by atoms with Crippen molar-refractivity contribution in [2.24, 2.45) is 0 Å². The lowest BCUT2D eigenvalue weighted by molar-refractivity contribution is -0.147. The molecule has 0 saturated heterocycles. The Hall–Kier alpha value is -1.61. The predicted molar refractivity (Wildman–Crippen MR) is 79.1 cm³/mol. The Morgan fingerprint density at radius 3 is 1.95 bits per heavy atom. The molecular weight excluding hydrogens is 304 g/mol. The van der Waals surface area contributed by atoms with Crippen molar-refractivity contribution >= 4 is 21.9 Å². The van der Waals surface area contributed by atoms with Crippen LogP contribution in [-0.2, 0) is 9.53 Å². The van der Waals surface area contributed by atoms with Crippen molar-refractivity contribution in [3.8, 4) is 0 Å². The molecule has 2 aromatic rings. The third-order valence-corrected chi connectivity index (χ3v) is 3.76. The number of hydrogen-bond acceptors (Lipinski definition) is 2.